The average Bonchev–Trinajstić information content (AvgIpc) is 2.04. The molecule has 1 heterocycles. The van der Waals surface area contributed by atoms with E-state index in [2.05, 4.69) is 4.98 Å². The third-order valence-corrected chi connectivity index (χ3v) is 1.57. The van der Waals surface area contributed by atoms with E-state index in [-0.39, 0.29) is 5.56 Å². The van der Waals surface area contributed by atoms with Gasteiger partial charge in [0.1, 0.15) is 5.50 Å². The Morgan fingerprint density at radius 1 is 1.67 bits per heavy atom. The first kappa shape index (κ1) is 8.96. The number of rotatable bonds is 2. The molecule has 0 aliphatic heterocycles. The van der Waals surface area contributed by atoms with Crippen molar-refractivity contribution in [2.75, 3.05) is 0 Å². The minimum atomic E-state index is -0.798. The lowest BCUT2D eigenvalue weighted by Gasteiger charge is -2.05. The van der Waals surface area contributed by atoms with Crippen LogP contribution in [0.4, 0.5) is 0 Å². The summed E-state index contributed by atoms with van der Waals surface area (Å²) in [6.45, 7) is 0. The number of nitrogens with zero attached hydrogens (tertiary/aromatic N) is 1. The SMILES string of the molecule is NC(=O)c1cccnc1C(N)Cl. The number of hydrogen-bond acceptors (Lipinski definition) is 3. The molecule has 12 heavy (non-hydrogen) atoms. The summed E-state index contributed by atoms with van der Waals surface area (Å²) in [5.41, 5.74) is 10.2. The predicted molar refractivity (Wildman–Crippen MR) is 45.5 cm³/mol. The number of alkyl halides is 1. The molecule has 0 saturated heterocycles. The van der Waals surface area contributed by atoms with Crippen LogP contribution in [0.1, 0.15) is 21.6 Å². The fraction of sp³-hybridized carbons (Fsp3) is 0.143. The van der Waals surface area contributed by atoms with Gasteiger partial charge in [0.05, 0.1) is 11.3 Å². The number of hydrogen-bond donors (Lipinski definition) is 2. The second-order valence-corrected chi connectivity index (χ2v) is 2.67. The molecule has 1 aromatic heterocycles. The van der Waals surface area contributed by atoms with E-state index in [1.807, 2.05) is 0 Å². The van der Waals surface area contributed by atoms with Gasteiger partial charge < -0.3 is 11.5 Å². The monoisotopic (exact) mass is 185 g/mol. The number of carbonyl (C=O) groups is 1. The second kappa shape index (κ2) is 3.51. The van der Waals surface area contributed by atoms with E-state index in [1.54, 1.807) is 6.07 Å². The van der Waals surface area contributed by atoms with Crippen molar-refractivity contribution in [3.8, 4) is 0 Å². The van der Waals surface area contributed by atoms with E-state index >= 15 is 0 Å². The summed E-state index contributed by atoms with van der Waals surface area (Å²) < 4.78 is 0. The fourth-order valence-corrected chi connectivity index (χ4v) is 1.02. The van der Waals surface area contributed by atoms with Crippen LogP contribution in [0.25, 0.3) is 0 Å². The van der Waals surface area contributed by atoms with Gasteiger partial charge in [-0.2, -0.15) is 0 Å². The smallest absolute Gasteiger partial charge is 0.250 e. The Hall–Kier alpha value is -1.13. The molecule has 0 bridgehead atoms. The van der Waals surface area contributed by atoms with E-state index < -0.39 is 11.4 Å². The zero-order chi connectivity index (χ0) is 9.14. The normalized spacial score (nSPS) is 12.5. The molecule has 4 nitrogen and oxygen atoms in total. The van der Waals surface area contributed by atoms with Crippen molar-refractivity contribution in [3.05, 3.63) is 29.6 Å². The molecule has 1 amide bonds. The fourth-order valence-electron chi connectivity index (χ4n) is 0.846. The highest BCUT2D eigenvalue weighted by Gasteiger charge is 2.12. The molecule has 1 atom stereocenters. The molecule has 4 N–H and O–H groups in total. The van der Waals surface area contributed by atoms with E-state index in [0.717, 1.165) is 0 Å². The Morgan fingerprint density at radius 3 is 2.75 bits per heavy atom. The highest BCUT2D eigenvalue weighted by atomic mass is 35.5. The van der Waals surface area contributed by atoms with Crippen LogP contribution in [-0.2, 0) is 0 Å². The van der Waals surface area contributed by atoms with Gasteiger partial charge in [-0.25, -0.2) is 0 Å². The predicted octanol–water partition coefficient (Wildman–Crippen LogP) is 0.377. The summed E-state index contributed by atoms with van der Waals surface area (Å²) in [4.78, 5) is 14.6. The van der Waals surface area contributed by atoms with Crippen LogP contribution in [0.3, 0.4) is 0 Å². The average molecular weight is 186 g/mol. The number of primary amides is 1. The molecular formula is C7H8ClN3O. The standard InChI is InChI=1S/C7H8ClN3O/c8-6(9)5-4(7(10)12)2-1-3-11-5/h1-3,6H,9H2,(H2,10,12). The minimum Gasteiger partial charge on any atom is -0.366 e. The molecule has 0 spiro atoms. The molecule has 0 aromatic carbocycles. The minimum absolute atomic E-state index is 0.264. The molecule has 0 fully saturated rings. The molecular weight excluding hydrogens is 178 g/mol. The first-order valence-corrected chi connectivity index (χ1v) is 3.71. The van der Waals surface area contributed by atoms with Gasteiger partial charge in [-0.3, -0.25) is 9.78 Å². The highest BCUT2D eigenvalue weighted by molar-refractivity contribution is 6.20. The van der Waals surface area contributed by atoms with Gasteiger partial charge in [-0.1, -0.05) is 11.6 Å². The Bertz CT molecular complexity index is 300. The van der Waals surface area contributed by atoms with Crippen LogP contribution >= 0.6 is 11.6 Å². The molecule has 0 radical (unpaired) electrons. The van der Waals surface area contributed by atoms with Crippen molar-refractivity contribution in [1.82, 2.24) is 4.98 Å². The quantitative estimate of drug-likeness (QED) is 0.516. The van der Waals surface area contributed by atoms with E-state index in [4.69, 9.17) is 23.1 Å². The van der Waals surface area contributed by atoms with Gasteiger partial charge in [0, 0.05) is 6.20 Å². The molecule has 0 aliphatic carbocycles. The lowest BCUT2D eigenvalue weighted by atomic mass is 10.2. The summed E-state index contributed by atoms with van der Waals surface area (Å²) in [5, 5.41) is 0. The van der Waals surface area contributed by atoms with Crippen LogP contribution in [0, 0.1) is 0 Å². The van der Waals surface area contributed by atoms with Crippen LogP contribution in [0.15, 0.2) is 18.3 Å². The topological polar surface area (TPSA) is 82.0 Å². The van der Waals surface area contributed by atoms with Crippen LogP contribution in [0.5, 0.6) is 0 Å². The largest absolute Gasteiger partial charge is 0.366 e. The first-order chi connectivity index (χ1) is 5.63. The molecule has 0 saturated carbocycles. The summed E-state index contributed by atoms with van der Waals surface area (Å²) in [6.07, 6.45) is 1.50. The van der Waals surface area contributed by atoms with Crippen molar-refractivity contribution in [2.45, 2.75) is 5.50 Å². The summed E-state index contributed by atoms with van der Waals surface area (Å²) in [6, 6.07) is 3.13. The maximum absolute atomic E-state index is 10.8. The Balaban J connectivity index is 3.17. The molecule has 64 valence electrons. The maximum Gasteiger partial charge on any atom is 0.250 e. The number of carbonyl (C=O) groups excluding carboxylic acids is 1. The number of nitrogens with two attached hydrogens (primary N) is 2. The van der Waals surface area contributed by atoms with Gasteiger partial charge in [0.2, 0.25) is 0 Å². The van der Waals surface area contributed by atoms with Gasteiger partial charge in [-0.15, -0.1) is 0 Å². The molecule has 1 rings (SSSR count). The number of pyridine rings is 1. The summed E-state index contributed by atoms with van der Waals surface area (Å²) in [7, 11) is 0. The van der Waals surface area contributed by atoms with E-state index in [0.29, 0.717) is 5.69 Å². The lowest BCUT2D eigenvalue weighted by Crippen LogP contribution is -2.17. The molecule has 5 heteroatoms. The van der Waals surface area contributed by atoms with Gasteiger partial charge >= 0.3 is 0 Å². The lowest BCUT2D eigenvalue weighted by molar-refractivity contribution is 0.0999. The third kappa shape index (κ3) is 1.72. The number of amides is 1. The Morgan fingerprint density at radius 2 is 2.33 bits per heavy atom. The first-order valence-electron chi connectivity index (χ1n) is 3.27. The Kier molecular flexibility index (Phi) is 2.62. The zero-order valence-corrected chi connectivity index (χ0v) is 6.95. The van der Waals surface area contributed by atoms with Crippen LogP contribution < -0.4 is 11.5 Å². The number of halogens is 1. The van der Waals surface area contributed by atoms with Gasteiger partial charge in [-0.05, 0) is 12.1 Å². The summed E-state index contributed by atoms with van der Waals surface area (Å²) >= 11 is 5.56. The van der Waals surface area contributed by atoms with Crippen molar-refractivity contribution in [1.29, 1.82) is 0 Å². The van der Waals surface area contributed by atoms with Crippen molar-refractivity contribution < 1.29 is 4.79 Å². The second-order valence-electron chi connectivity index (χ2n) is 2.20. The van der Waals surface area contributed by atoms with Crippen molar-refractivity contribution in [2.24, 2.45) is 11.5 Å². The Labute approximate surface area is 74.5 Å². The maximum atomic E-state index is 10.8. The van der Waals surface area contributed by atoms with Gasteiger partial charge in [0.15, 0.2) is 0 Å². The van der Waals surface area contributed by atoms with E-state index in [1.165, 1.54) is 12.3 Å². The van der Waals surface area contributed by atoms with Crippen molar-refractivity contribution in [3.63, 3.8) is 0 Å². The van der Waals surface area contributed by atoms with Crippen molar-refractivity contribution >= 4 is 17.5 Å². The summed E-state index contributed by atoms with van der Waals surface area (Å²) in [5.74, 6) is -0.575. The highest BCUT2D eigenvalue weighted by Crippen LogP contribution is 2.15. The third-order valence-electron chi connectivity index (χ3n) is 1.37. The number of aromatic nitrogens is 1. The van der Waals surface area contributed by atoms with Crippen LogP contribution in [0.2, 0.25) is 0 Å². The molecule has 1 unspecified atom stereocenters. The molecule has 0 aliphatic rings. The van der Waals surface area contributed by atoms with Gasteiger partial charge in [0.25, 0.3) is 5.91 Å². The molecule has 1 aromatic rings. The zero-order valence-electron chi connectivity index (χ0n) is 6.20. The van der Waals surface area contributed by atoms with E-state index in [9.17, 15) is 4.79 Å². The van der Waals surface area contributed by atoms with Crippen LogP contribution in [-0.4, -0.2) is 10.9 Å².